The lowest BCUT2D eigenvalue weighted by Gasteiger charge is -2.33. The molecule has 7 nitrogen and oxygen atoms in total. The molecule has 0 heterocycles. The van der Waals surface area contributed by atoms with E-state index in [-0.39, 0.29) is 18.1 Å². The fourth-order valence-electron chi connectivity index (χ4n) is 3.31. The van der Waals surface area contributed by atoms with Gasteiger partial charge in [0, 0.05) is 17.1 Å². The van der Waals surface area contributed by atoms with Crippen molar-refractivity contribution in [3.05, 3.63) is 64.7 Å². The minimum absolute atomic E-state index is 0.159. The molecule has 0 bridgehead atoms. The number of halogens is 1. The molecular formula is C24H32ClN3O4S. The van der Waals surface area contributed by atoms with Gasteiger partial charge in [0.25, 0.3) is 0 Å². The van der Waals surface area contributed by atoms with Crippen molar-refractivity contribution >= 4 is 39.1 Å². The second-order valence-corrected chi connectivity index (χ2v) is 11.5. The Morgan fingerprint density at radius 2 is 1.73 bits per heavy atom. The van der Waals surface area contributed by atoms with E-state index in [1.54, 1.807) is 25.1 Å². The maximum atomic E-state index is 13.5. The monoisotopic (exact) mass is 493 g/mol. The molecule has 0 aliphatic carbocycles. The van der Waals surface area contributed by atoms with Crippen molar-refractivity contribution in [2.75, 3.05) is 17.1 Å². The molecule has 2 aromatic carbocycles. The zero-order chi connectivity index (χ0) is 25.0. The van der Waals surface area contributed by atoms with E-state index >= 15 is 0 Å². The van der Waals surface area contributed by atoms with E-state index in [2.05, 4.69) is 5.32 Å². The summed E-state index contributed by atoms with van der Waals surface area (Å²) in [6.45, 7) is 8.85. The number of nitrogens with zero attached hydrogens (tertiary/aromatic N) is 2. The van der Waals surface area contributed by atoms with E-state index in [0.29, 0.717) is 5.02 Å². The highest BCUT2D eigenvalue weighted by Gasteiger charge is 2.31. The summed E-state index contributed by atoms with van der Waals surface area (Å²) in [5.41, 5.74) is 1.65. The molecule has 0 aliphatic heterocycles. The van der Waals surface area contributed by atoms with Gasteiger partial charge in [0.15, 0.2) is 0 Å². The number of carbonyl (C=O) groups is 2. The Hall–Kier alpha value is -2.58. The van der Waals surface area contributed by atoms with Gasteiger partial charge < -0.3 is 10.2 Å². The summed E-state index contributed by atoms with van der Waals surface area (Å²) >= 11 is 6.04. The third-order valence-corrected chi connectivity index (χ3v) is 6.25. The average Bonchev–Trinajstić information content (AvgIpc) is 2.67. The number of hydrogen-bond donors (Lipinski definition) is 1. The van der Waals surface area contributed by atoms with E-state index in [1.807, 2.05) is 52.0 Å². The van der Waals surface area contributed by atoms with Crippen molar-refractivity contribution in [2.45, 2.75) is 52.7 Å². The van der Waals surface area contributed by atoms with E-state index in [9.17, 15) is 18.0 Å². The summed E-state index contributed by atoms with van der Waals surface area (Å²) in [6.07, 6.45) is 1.03. The standard InChI is InChI=1S/C24H32ClN3O4S/c1-17-9-7-10-19(13-17)15-27(18(2)23(30)26-24(3,4)5)22(29)16-28(33(6,31)32)21-12-8-11-20(25)14-21/h7-14,18H,15-16H2,1-6H3,(H,26,30). The minimum Gasteiger partial charge on any atom is -0.350 e. The van der Waals surface area contributed by atoms with Gasteiger partial charge in [0.05, 0.1) is 11.9 Å². The van der Waals surface area contributed by atoms with Crippen LogP contribution in [0.1, 0.15) is 38.8 Å². The molecule has 0 spiro atoms. The maximum absolute atomic E-state index is 13.5. The van der Waals surface area contributed by atoms with Crippen molar-refractivity contribution in [3.63, 3.8) is 0 Å². The fourth-order valence-corrected chi connectivity index (χ4v) is 4.33. The van der Waals surface area contributed by atoms with Crippen LogP contribution in [0.3, 0.4) is 0 Å². The highest BCUT2D eigenvalue weighted by Crippen LogP contribution is 2.22. The zero-order valence-electron chi connectivity index (χ0n) is 19.9. The van der Waals surface area contributed by atoms with E-state index in [0.717, 1.165) is 21.7 Å². The first-order valence-electron chi connectivity index (χ1n) is 10.6. The highest BCUT2D eigenvalue weighted by atomic mass is 35.5. The molecule has 1 unspecified atom stereocenters. The summed E-state index contributed by atoms with van der Waals surface area (Å²) in [7, 11) is -3.79. The molecule has 0 radical (unpaired) electrons. The summed E-state index contributed by atoms with van der Waals surface area (Å²) in [5.74, 6) is -0.823. The van der Waals surface area contributed by atoms with Crippen molar-refractivity contribution in [2.24, 2.45) is 0 Å². The van der Waals surface area contributed by atoms with E-state index < -0.39 is 34.1 Å². The molecule has 0 fully saturated rings. The lowest BCUT2D eigenvalue weighted by atomic mass is 10.1. The Bertz CT molecular complexity index is 1110. The van der Waals surface area contributed by atoms with Crippen molar-refractivity contribution in [3.8, 4) is 0 Å². The molecule has 180 valence electrons. The van der Waals surface area contributed by atoms with Crippen LogP contribution in [0, 0.1) is 6.92 Å². The van der Waals surface area contributed by atoms with Crippen molar-refractivity contribution in [1.82, 2.24) is 10.2 Å². The third-order valence-electron chi connectivity index (χ3n) is 4.88. The molecular weight excluding hydrogens is 462 g/mol. The SMILES string of the molecule is Cc1cccc(CN(C(=O)CN(c2cccc(Cl)c2)S(C)(=O)=O)C(C)C(=O)NC(C)(C)C)c1. The van der Waals surface area contributed by atoms with Gasteiger partial charge >= 0.3 is 0 Å². The van der Waals surface area contributed by atoms with Crippen LogP contribution in [-0.4, -0.2) is 49.5 Å². The Balaban J connectivity index is 2.41. The van der Waals surface area contributed by atoms with Gasteiger partial charge in [-0.25, -0.2) is 8.42 Å². The van der Waals surface area contributed by atoms with Crippen LogP contribution in [0.5, 0.6) is 0 Å². The number of aryl methyl sites for hydroxylation is 1. The Morgan fingerprint density at radius 3 is 2.27 bits per heavy atom. The fraction of sp³-hybridized carbons (Fsp3) is 0.417. The van der Waals surface area contributed by atoms with Gasteiger partial charge in [-0.2, -0.15) is 0 Å². The maximum Gasteiger partial charge on any atom is 0.244 e. The summed E-state index contributed by atoms with van der Waals surface area (Å²) in [4.78, 5) is 27.8. The first-order chi connectivity index (χ1) is 15.2. The van der Waals surface area contributed by atoms with Crippen LogP contribution in [0.2, 0.25) is 5.02 Å². The minimum atomic E-state index is -3.79. The molecule has 9 heteroatoms. The number of carbonyl (C=O) groups excluding carboxylic acids is 2. The largest absolute Gasteiger partial charge is 0.350 e. The number of sulfonamides is 1. The first kappa shape index (κ1) is 26.7. The molecule has 0 saturated heterocycles. The van der Waals surface area contributed by atoms with Gasteiger partial charge in [0.1, 0.15) is 12.6 Å². The second-order valence-electron chi connectivity index (χ2n) is 9.18. The molecule has 2 amide bonds. The zero-order valence-corrected chi connectivity index (χ0v) is 21.5. The first-order valence-corrected chi connectivity index (χ1v) is 12.8. The van der Waals surface area contributed by atoms with Crippen molar-refractivity contribution < 1.29 is 18.0 Å². The van der Waals surface area contributed by atoms with E-state index in [4.69, 9.17) is 11.6 Å². The molecule has 0 saturated carbocycles. The summed E-state index contributed by atoms with van der Waals surface area (Å²) in [6, 6.07) is 13.1. The second kappa shape index (κ2) is 10.6. The number of hydrogen-bond acceptors (Lipinski definition) is 4. The number of benzene rings is 2. The molecule has 0 aliphatic rings. The predicted molar refractivity (Wildman–Crippen MR) is 133 cm³/mol. The molecule has 0 aromatic heterocycles. The van der Waals surface area contributed by atoms with Crippen molar-refractivity contribution in [1.29, 1.82) is 0 Å². The van der Waals surface area contributed by atoms with Crippen LogP contribution in [-0.2, 0) is 26.2 Å². The number of amides is 2. The molecule has 1 N–H and O–H groups in total. The van der Waals surface area contributed by atoms with Crippen LogP contribution in [0.15, 0.2) is 48.5 Å². The smallest absolute Gasteiger partial charge is 0.244 e. The molecule has 2 rings (SSSR count). The third kappa shape index (κ3) is 8.05. The van der Waals surface area contributed by atoms with Crippen LogP contribution < -0.4 is 9.62 Å². The Labute approximate surface area is 201 Å². The van der Waals surface area contributed by atoms with Gasteiger partial charge in [-0.05, 0) is 58.4 Å². The normalized spacial score (nSPS) is 12.7. The highest BCUT2D eigenvalue weighted by molar-refractivity contribution is 7.92. The quantitative estimate of drug-likeness (QED) is 0.606. The van der Waals surface area contributed by atoms with Gasteiger partial charge in [-0.3, -0.25) is 13.9 Å². The van der Waals surface area contributed by atoms with E-state index in [1.165, 1.54) is 11.0 Å². The number of anilines is 1. The van der Waals surface area contributed by atoms with Gasteiger partial charge in [-0.1, -0.05) is 47.5 Å². The number of nitrogens with one attached hydrogen (secondary N) is 1. The number of rotatable bonds is 8. The summed E-state index contributed by atoms with van der Waals surface area (Å²) in [5, 5.41) is 3.24. The van der Waals surface area contributed by atoms with Crippen LogP contribution in [0.4, 0.5) is 5.69 Å². The Kier molecular flexibility index (Phi) is 8.54. The topological polar surface area (TPSA) is 86.8 Å². The van der Waals surface area contributed by atoms with Crippen LogP contribution >= 0.6 is 11.6 Å². The van der Waals surface area contributed by atoms with Gasteiger partial charge in [0.2, 0.25) is 21.8 Å². The molecule has 33 heavy (non-hydrogen) atoms. The Morgan fingerprint density at radius 1 is 1.09 bits per heavy atom. The summed E-state index contributed by atoms with van der Waals surface area (Å²) < 4.78 is 26.1. The lowest BCUT2D eigenvalue weighted by molar-refractivity contribution is -0.140. The molecule has 2 aromatic rings. The van der Waals surface area contributed by atoms with Gasteiger partial charge in [-0.15, -0.1) is 0 Å². The lowest BCUT2D eigenvalue weighted by Crippen LogP contribution is -2.54. The predicted octanol–water partition coefficient (Wildman–Crippen LogP) is 3.75. The van der Waals surface area contributed by atoms with Crippen LogP contribution in [0.25, 0.3) is 0 Å². The molecule has 1 atom stereocenters. The average molecular weight is 494 g/mol.